The van der Waals surface area contributed by atoms with Gasteiger partial charge in [-0.2, -0.15) is 5.10 Å². The molecule has 1 aliphatic carbocycles. The molecule has 0 saturated heterocycles. The van der Waals surface area contributed by atoms with E-state index in [1.165, 1.54) is 19.3 Å². The number of nitrogen functional groups attached to an aromatic ring is 1. The summed E-state index contributed by atoms with van der Waals surface area (Å²) in [5.74, 6) is 0.0525. The first kappa shape index (κ1) is 14.9. The molecule has 0 aromatic carbocycles. The molecule has 1 amide bonds. The highest BCUT2D eigenvalue weighted by Crippen LogP contribution is 2.19. The number of aromatic nitrogens is 2. The van der Waals surface area contributed by atoms with Crippen molar-refractivity contribution in [2.24, 2.45) is 0 Å². The molecule has 2 rings (SSSR count). The van der Waals surface area contributed by atoms with Crippen molar-refractivity contribution in [2.75, 3.05) is 5.73 Å². The monoisotopic (exact) mass is 278 g/mol. The zero-order chi connectivity index (χ0) is 14.5. The van der Waals surface area contributed by atoms with E-state index in [1.807, 2.05) is 13.8 Å². The molecular formula is C15H26N4O. The molecule has 112 valence electrons. The van der Waals surface area contributed by atoms with E-state index >= 15 is 0 Å². The first-order valence-corrected chi connectivity index (χ1v) is 7.79. The van der Waals surface area contributed by atoms with Crippen LogP contribution in [0.5, 0.6) is 0 Å². The molecule has 0 aliphatic heterocycles. The molecule has 1 aliphatic rings. The molecule has 0 unspecified atom stereocenters. The summed E-state index contributed by atoms with van der Waals surface area (Å²) in [5, 5.41) is 7.59. The van der Waals surface area contributed by atoms with Crippen LogP contribution < -0.4 is 11.1 Å². The third kappa shape index (κ3) is 3.32. The Bertz CT molecular complexity index is 461. The second-order valence-electron chi connectivity index (χ2n) is 5.57. The third-order valence-corrected chi connectivity index (χ3v) is 4.11. The van der Waals surface area contributed by atoms with Gasteiger partial charge in [-0.1, -0.05) is 33.1 Å². The molecule has 0 atom stereocenters. The fourth-order valence-corrected chi connectivity index (χ4v) is 2.99. The minimum atomic E-state index is 0.0525. The number of amides is 1. The van der Waals surface area contributed by atoms with Crippen LogP contribution in [0.25, 0.3) is 0 Å². The number of aryl methyl sites for hydroxylation is 1. The molecule has 0 radical (unpaired) electrons. The molecule has 5 heteroatoms. The highest BCUT2D eigenvalue weighted by atomic mass is 16.2. The predicted molar refractivity (Wildman–Crippen MR) is 80.4 cm³/mol. The molecule has 1 saturated carbocycles. The van der Waals surface area contributed by atoms with Crippen LogP contribution in [0.15, 0.2) is 0 Å². The van der Waals surface area contributed by atoms with Crippen molar-refractivity contribution in [3.63, 3.8) is 0 Å². The van der Waals surface area contributed by atoms with Gasteiger partial charge in [-0.3, -0.25) is 9.48 Å². The highest BCUT2D eigenvalue weighted by molar-refractivity contribution is 5.76. The lowest BCUT2D eigenvalue weighted by atomic mass is 9.95. The van der Waals surface area contributed by atoms with Crippen molar-refractivity contribution in [3.8, 4) is 0 Å². The van der Waals surface area contributed by atoms with Crippen molar-refractivity contribution in [2.45, 2.75) is 71.4 Å². The average molecular weight is 278 g/mol. The Morgan fingerprint density at radius 2 is 2.00 bits per heavy atom. The minimum Gasteiger partial charge on any atom is -0.396 e. The summed E-state index contributed by atoms with van der Waals surface area (Å²) in [6.45, 7) is 4.36. The summed E-state index contributed by atoms with van der Waals surface area (Å²) < 4.78 is 1.77. The molecule has 5 nitrogen and oxygen atoms in total. The molecule has 1 aromatic heterocycles. The lowest BCUT2D eigenvalue weighted by molar-refractivity contribution is -0.122. The molecule has 0 bridgehead atoms. The van der Waals surface area contributed by atoms with Crippen LogP contribution in [-0.2, 0) is 24.2 Å². The number of nitrogens with one attached hydrogen (secondary N) is 1. The van der Waals surface area contributed by atoms with Gasteiger partial charge >= 0.3 is 0 Å². The number of hydrogen-bond donors (Lipinski definition) is 2. The normalized spacial score (nSPS) is 16.3. The second-order valence-corrected chi connectivity index (χ2v) is 5.57. The van der Waals surface area contributed by atoms with Gasteiger partial charge in [0.25, 0.3) is 0 Å². The van der Waals surface area contributed by atoms with E-state index in [1.54, 1.807) is 4.68 Å². The van der Waals surface area contributed by atoms with E-state index in [0.29, 0.717) is 6.04 Å². The Balaban J connectivity index is 1.99. The lowest BCUT2D eigenvalue weighted by Crippen LogP contribution is -2.38. The van der Waals surface area contributed by atoms with Gasteiger partial charge in [-0.05, 0) is 25.7 Å². The molecule has 20 heavy (non-hydrogen) atoms. The van der Waals surface area contributed by atoms with E-state index in [-0.39, 0.29) is 12.5 Å². The first-order valence-electron chi connectivity index (χ1n) is 7.79. The molecule has 3 N–H and O–H groups in total. The van der Waals surface area contributed by atoms with Crippen molar-refractivity contribution in [3.05, 3.63) is 11.4 Å². The molecule has 1 heterocycles. The summed E-state index contributed by atoms with van der Waals surface area (Å²) in [6.07, 6.45) is 7.55. The summed E-state index contributed by atoms with van der Waals surface area (Å²) >= 11 is 0. The van der Waals surface area contributed by atoms with E-state index < -0.39 is 0 Å². The Morgan fingerprint density at radius 3 is 2.60 bits per heavy atom. The Morgan fingerprint density at radius 1 is 1.30 bits per heavy atom. The van der Waals surface area contributed by atoms with Gasteiger partial charge in [-0.25, -0.2) is 0 Å². The number of rotatable bonds is 5. The number of anilines is 1. The fourth-order valence-electron chi connectivity index (χ4n) is 2.99. The number of carbonyl (C=O) groups is 1. The highest BCUT2D eigenvalue weighted by Gasteiger charge is 2.18. The van der Waals surface area contributed by atoms with Crippen molar-refractivity contribution in [1.29, 1.82) is 0 Å². The zero-order valence-corrected chi connectivity index (χ0v) is 12.6. The largest absolute Gasteiger partial charge is 0.396 e. The van der Waals surface area contributed by atoms with Crippen LogP contribution in [0.1, 0.15) is 57.3 Å². The lowest BCUT2D eigenvalue weighted by Gasteiger charge is -2.22. The van der Waals surface area contributed by atoms with E-state index in [0.717, 1.165) is 42.8 Å². The summed E-state index contributed by atoms with van der Waals surface area (Å²) in [5.41, 5.74) is 8.69. The smallest absolute Gasteiger partial charge is 0.241 e. The van der Waals surface area contributed by atoms with Crippen LogP contribution in [0.4, 0.5) is 5.69 Å². The van der Waals surface area contributed by atoms with Crippen LogP contribution in [-0.4, -0.2) is 21.7 Å². The second kappa shape index (κ2) is 6.77. The predicted octanol–water partition coefficient (Wildman–Crippen LogP) is 2.04. The molecule has 0 spiro atoms. The van der Waals surface area contributed by atoms with E-state index in [4.69, 9.17) is 5.73 Å². The van der Waals surface area contributed by atoms with Crippen molar-refractivity contribution in [1.82, 2.24) is 15.1 Å². The maximum Gasteiger partial charge on any atom is 0.241 e. The Labute approximate surface area is 120 Å². The standard InChI is InChI=1S/C15H26N4O/c1-3-12-15(16)13(4-2)19(18-12)10-14(20)17-11-8-6-5-7-9-11/h11H,3-10,16H2,1-2H3,(H,17,20). The fraction of sp³-hybridized carbons (Fsp3) is 0.733. The Kier molecular flexibility index (Phi) is 5.04. The quantitative estimate of drug-likeness (QED) is 0.865. The summed E-state index contributed by atoms with van der Waals surface area (Å²) in [7, 11) is 0. The number of carbonyl (C=O) groups excluding carboxylic acids is 1. The van der Waals surface area contributed by atoms with Gasteiger partial charge in [0, 0.05) is 6.04 Å². The summed E-state index contributed by atoms with van der Waals surface area (Å²) in [6, 6.07) is 0.347. The zero-order valence-electron chi connectivity index (χ0n) is 12.6. The van der Waals surface area contributed by atoms with Crippen LogP contribution >= 0.6 is 0 Å². The van der Waals surface area contributed by atoms with Crippen LogP contribution in [0.3, 0.4) is 0 Å². The van der Waals surface area contributed by atoms with Crippen molar-refractivity contribution < 1.29 is 4.79 Å². The topological polar surface area (TPSA) is 72.9 Å². The molecule has 1 fully saturated rings. The number of hydrogen-bond acceptors (Lipinski definition) is 3. The molecule has 1 aromatic rings. The minimum absolute atomic E-state index is 0.0525. The SMILES string of the molecule is CCc1nn(CC(=O)NC2CCCCC2)c(CC)c1N. The average Bonchev–Trinajstić information content (AvgIpc) is 2.75. The number of nitrogens with two attached hydrogens (primary N) is 1. The van der Waals surface area contributed by atoms with Crippen molar-refractivity contribution >= 4 is 11.6 Å². The number of nitrogens with zero attached hydrogens (tertiary/aromatic N) is 2. The Hall–Kier alpha value is -1.52. The third-order valence-electron chi connectivity index (χ3n) is 4.11. The van der Waals surface area contributed by atoms with Gasteiger partial charge in [0.15, 0.2) is 0 Å². The van der Waals surface area contributed by atoms with Gasteiger partial charge < -0.3 is 11.1 Å². The van der Waals surface area contributed by atoms with Gasteiger partial charge in [0.1, 0.15) is 6.54 Å². The van der Waals surface area contributed by atoms with Gasteiger partial charge in [0.2, 0.25) is 5.91 Å². The molecular weight excluding hydrogens is 252 g/mol. The van der Waals surface area contributed by atoms with E-state index in [9.17, 15) is 4.79 Å². The van der Waals surface area contributed by atoms with Crippen LogP contribution in [0.2, 0.25) is 0 Å². The van der Waals surface area contributed by atoms with Gasteiger partial charge in [-0.15, -0.1) is 0 Å². The van der Waals surface area contributed by atoms with E-state index in [2.05, 4.69) is 10.4 Å². The first-order chi connectivity index (χ1) is 9.65. The summed E-state index contributed by atoms with van der Waals surface area (Å²) in [4.78, 5) is 12.1. The maximum atomic E-state index is 12.1. The van der Waals surface area contributed by atoms with Crippen LogP contribution in [0, 0.1) is 0 Å². The van der Waals surface area contributed by atoms with Gasteiger partial charge in [0.05, 0.1) is 17.1 Å². The maximum absolute atomic E-state index is 12.1.